The van der Waals surface area contributed by atoms with Gasteiger partial charge in [-0.05, 0) is 19.8 Å². The second-order valence-corrected chi connectivity index (χ2v) is 4.05. The van der Waals surface area contributed by atoms with E-state index in [0.717, 1.165) is 12.8 Å². The first-order valence-corrected chi connectivity index (χ1v) is 5.46. The standard InChI is InChI=1S/C11H18N2O2/c1-3-10(4-5-12)13-11(14)9-6-8(2)15-7-9/h8-10H,3-4,6-7H2,1-2H3,(H,13,14). The zero-order chi connectivity index (χ0) is 11.3. The van der Waals surface area contributed by atoms with Gasteiger partial charge in [0.2, 0.25) is 5.91 Å². The number of ether oxygens (including phenoxy) is 1. The van der Waals surface area contributed by atoms with Crippen molar-refractivity contribution in [3.63, 3.8) is 0 Å². The first-order chi connectivity index (χ1) is 7.17. The van der Waals surface area contributed by atoms with Crippen molar-refractivity contribution in [1.82, 2.24) is 5.32 Å². The molecule has 0 radical (unpaired) electrons. The van der Waals surface area contributed by atoms with Gasteiger partial charge in [0, 0.05) is 6.04 Å². The highest BCUT2D eigenvalue weighted by Crippen LogP contribution is 2.19. The summed E-state index contributed by atoms with van der Waals surface area (Å²) < 4.78 is 5.34. The van der Waals surface area contributed by atoms with Crippen LogP contribution in [0, 0.1) is 17.2 Å². The van der Waals surface area contributed by atoms with Gasteiger partial charge >= 0.3 is 0 Å². The van der Waals surface area contributed by atoms with Crippen molar-refractivity contribution in [2.24, 2.45) is 5.92 Å². The van der Waals surface area contributed by atoms with Crippen LogP contribution in [0.25, 0.3) is 0 Å². The molecule has 1 heterocycles. The van der Waals surface area contributed by atoms with Crippen molar-refractivity contribution in [1.29, 1.82) is 5.26 Å². The Kier molecular flexibility index (Phi) is 4.57. The van der Waals surface area contributed by atoms with Gasteiger partial charge in [0.05, 0.1) is 31.1 Å². The largest absolute Gasteiger partial charge is 0.378 e. The third kappa shape index (κ3) is 3.52. The van der Waals surface area contributed by atoms with Crippen molar-refractivity contribution in [3.05, 3.63) is 0 Å². The molecule has 4 nitrogen and oxygen atoms in total. The number of nitrogens with one attached hydrogen (secondary N) is 1. The first kappa shape index (κ1) is 12.0. The van der Waals surface area contributed by atoms with E-state index in [1.165, 1.54) is 0 Å². The first-order valence-electron chi connectivity index (χ1n) is 5.46. The molecule has 1 aliphatic rings. The topological polar surface area (TPSA) is 62.1 Å². The second-order valence-electron chi connectivity index (χ2n) is 4.05. The highest BCUT2D eigenvalue weighted by atomic mass is 16.5. The minimum absolute atomic E-state index is 0.0154. The van der Waals surface area contributed by atoms with Crippen molar-refractivity contribution >= 4 is 5.91 Å². The van der Waals surface area contributed by atoms with Crippen LogP contribution in [0.3, 0.4) is 0 Å². The fourth-order valence-electron chi connectivity index (χ4n) is 1.73. The molecule has 1 rings (SSSR count). The van der Waals surface area contributed by atoms with Crippen LogP contribution in [-0.2, 0) is 9.53 Å². The quantitative estimate of drug-likeness (QED) is 0.758. The van der Waals surface area contributed by atoms with E-state index in [9.17, 15) is 4.79 Å². The molecule has 0 aromatic rings. The van der Waals surface area contributed by atoms with Crippen LogP contribution < -0.4 is 5.32 Å². The predicted molar refractivity (Wildman–Crippen MR) is 56.0 cm³/mol. The highest BCUT2D eigenvalue weighted by Gasteiger charge is 2.29. The third-order valence-corrected chi connectivity index (χ3v) is 2.75. The molecule has 0 spiro atoms. The van der Waals surface area contributed by atoms with Crippen LogP contribution in [-0.4, -0.2) is 24.7 Å². The molecule has 3 unspecified atom stereocenters. The van der Waals surface area contributed by atoms with Crippen molar-refractivity contribution in [2.45, 2.75) is 45.3 Å². The summed E-state index contributed by atoms with van der Waals surface area (Å²) in [6.07, 6.45) is 2.14. The summed E-state index contributed by atoms with van der Waals surface area (Å²) in [6.45, 7) is 4.45. The maximum Gasteiger partial charge on any atom is 0.225 e. The Morgan fingerprint density at radius 1 is 1.73 bits per heavy atom. The van der Waals surface area contributed by atoms with Crippen LogP contribution in [0.15, 0.2) is 0 Å². The molecular formula is C11H18N2O2. The van der Waals surface area contributed by atoms with E-state index < -0.39 is 0 Å². The normalized spacial score (nSPS) is 27.0. The van der Waals surface area contributed by atoms with E-state index in [2.05, 4.69) is 11.4 Å². The zero-order valence-electron chi connectivity index (χ0n) is 9.32. The summed E-state index contributed by atoms with van der Waals surface area (Å²) in [5.74, 6) is -0.00538. The van der Waals surface area contributed by atoms with Crippen LogP contribution in [0.4, 0.5) is 0 Å². The molecule has 4 heteroatoms. The van der Waals surface area contributed by atoms with E-state index in [0.29, 0.717) is 13.0 Å². The molecule has 1 aliphatic heterocycles. The summed E-state index contributed by atoms with van der Waals surface area (Å²) in [5, 5.41) is 11.5. The molecule has 1 saturated heterocycles. The molecule has 1 amide bonds. The number of rotatable bonds is 4. The average Bonchev–Trinajstić information content (AvgIpc) is 2.64. The van der Waals surface area contributed by atoms with Gasteiger partial charge in [-0.25, -0.2) is 0 Å². The summed E-state index contributed by atoms with van der Waals surface area (Å²) in [5.41, 5.74) is 0. The number of hydrogen-bond donors (Lipinski definition) is 1. The van der Waals surface area contributed by atoms with Crippen molar-refractivity contribution in [2.75, 3.05) is 6.61 Å². The highest BCUT2D eigenvalue weighted by molar-refractivity contribution is 5.79. The van der Waals surface area contributed by atoms with Gasteiger partial charge in [-0.1, -0.05) is 6.92 Å². The van der Waals surface area contributed by atoms with Crippen LogP contribution in [0.5, 0.6) is 0 Å². The Hall–Kier alpha value is -1.08. The van der Waals surface area contributed by atoms with Crippen molar-refractivity contribution in [3.8, 4) is 6.07 Å². The number of hydrogen-bond acceptors (Lipinski definition) is 3. The van der Waals surface area contributed by atoms with Gasteiger partial charge in [-0.3, -0.25) is 4.79 Å². The molecule has 84 valence electrons. The molecule has 0 aromatic heterocycles. The number of nitriles is 1. The van der Waals surface area contributed by atoms with Gasteiger partial charge in [0.25, 0.3) is 0 Å². The van der Waals surface area contributed by atoms with E-state index >= 15 is 0 Å². The maximum absolute atomic E-state index is 11.7. The predicted octanol–water partition coefficient (Wildman–Crippen LogP) is 1.22. The lowest BCUT2D eigenvalue weighted by Crippen LogP contribution is -2.38. The summed E-state index contributed by atoms with van der Waals surface area (Å²) in [6, 6.07) is 2.06. The number of carbonyl (C=O) groups is 1. The Morgan fingerprint density at radius 3 is 2.93 bits per heavy atom. The molecule has 1 N–H and O–H groups in total. The van der Waals surface area contributed by atoms with Gasteiger partial charge in [-0.15, -0.1) is 0 Å². The number of carbonyl (C=O) groups excluding carboxylic acids is 1. The van der Waals surface area contributed by atoms with Gasteiger partial charge in [-0.2, -0.15) is 5.26 Å². The molecule has 15 heavy (non-hydrogen) atoms. The maximum atomic E-state index is 11.7. The minimum atomic E-state index is -0.0345. The molecule has 0 bridgehead atoms. The SMILES string of the molecule is CCC(CC#N)NC(=O)C1COC(C)C1. The summed E-state index contributed by atoms with van der Waals surface area (Å²) >= 11 is 0. The lowest BCUT2D eigenvalue weighted by molar-refractivity contribution is -0.125. The molecule has 0 aliphatic carbocycles. The van der Waals surface area contributed by atoms with Gasteiger partial charge in [0.15, 0.2) is 0 Å². The van der Waals surface area contributed by atoms with Crippen LogP contribution in [0.2, 0.25) is 0 Å². The number of amides is 1. The Bertz CT molecular complexity index is 260. The Morgan fingerprint density at radius 2 is 2.47 bits per heavy atom. The van der Waals surface area contributed by atoms with E-state index in [1.54, 1.807) is 0 Å². The monoisotopic (exact) mass is 210 g/mol. The zero-order valence-corrected chi connectivity index (χ0v) is 9.32. The second kappa shape index (κ2) is 5.72. The number of nitrogens with zero attached hydrogens (tertiary/aromatic N) is 1. The summed E-state index contributed by atoms with van der Waals surface area (Å²) in [4.78, 5) is 11.7. The molecule has 3 atom stereocenters. The Balaban J connectivity index is 2.37. The average molecular weight is 210 g/mol. The fraction of sp³-hybridized carbons (Fsp3) is 0.818. The molecule has 0 aromatic carbocycles. The van der Waals surface area contributed by atoms with E-state index in [4.69, 9.17) is 10.00 Å². The lowest BCUT2D eigenvalue weighted by Gasteiger charge is -2.16. The molecule has 0 saturated carbocycles. The Labute approximate surface area is 90.6 Å². The molecule has 1 fully saturated rings. The molecular weight excluding hydrogens is 192 g/mol. The minimum Gasteiger partial charge on any atom is -0.378 e. The van der Waals surface area contributed by atoms with Gasteiger partial charge in [0.1, 0.15) is 0 Å². The van der Waals surface area contributed by atoms with Crippen LogP contribution >= 0.6 is 0 Å². The van der Waals surface area contributed by atoms with E-state index in [-0.39, 0.29) is 24.0 Å². The van der Waals surface area contributed by atoms with Crippen LogP contribution in [0.1, 0.15) is 33.1 Å². The van der Waals surface area contributed by atoms with E-state index in [1.807, 2.05) is 13.8 Å². The third-order valence-electron chi connectivity index (χ3n) is 2.75. The lowest BCUT2D eigenvalue weighted by atomic mass is 10.0. The smallest absolute Gasteiger partial charge is 0.225 e. The fourth-order valence-corrected chi connectivity index (χ4v) is 1.73. The summed E-state index contributed by atoms with van der Waals surface area (Å²) in [7, 11) is 0. The van der Waals surface area contributed by atoms with Crippen molar-refractivity contribution < 1.29 is 9.53 Å². The van der Waals surface area contributed by atoms with Gasteiger partial charge < -0.3 is 10.1 Å².